The van der Waals surface area contributed by atoms with E-state index in [9.17, 15) is 42.0 Å². The molecule has 2 fully saturated rings. The molecule has 128 heavy (non-hydrogen) atoms. The second kappa shape index (κ2) is 39.9. The minimum atomic E-state index is -4.03. The van der Waals surface area contributed by atoms with Crippen LogP contribution in [0.25, 0.3) is 78.0 Å². The van der Waals surface area contributed by atoms with Gasteiger partial charge in [0.05, 0.1) is 77.9 Å². The van der Waals surface area contributed by atoms with Crippen molar-refractivity contribution < 1.29 is 83.6 Å². The molecule has 17 rings (SSSR count). The summed E-state index contributed by atoms with van der Waals surface area (Å²) < 4.78 is 92.5. The molecule has 0 aliphatic heterocycles. The number of carbonyl (C=O) groups excluding carboxylic acids is 5. The number of tetrazole rings is 1. The fourth-order valence-corrected chi connectivity index (χ4v) is 17.0. The summed E-state index contributed by atoms with van der Waals surface area (Å²) in [5.41, 5.74) is 14.5. The Kier molecular flexibility index (Phi) is 27.4. The number of rotatable bonds is 28. The number of methoxy groups -OCH3 is 1. The van der Waals surface area contributed by atoms with Crippen LogP contribution >= 0.6 is 0 Å². The number of ether oxygens (including phenoxy) is 8. The number of hydrogen-bond donors (Lipinski definition) is 3. The van der Waals surface area contributed by atoms with Crippen LogP contribution in [0.15, 0.2) is 228 Å². The number of para-hydroxylation sites is 2. The maximum Gasteiger partial charge on any atom is 0.519 e. The molecular weight excluding hydrogens is 1660 g/mol. The zero-order valence-corrected chi connectivity index (χ0v) is 72.0. The fourth-order valence-electron chi connectivity index (χ4n) is 15.8. The topological polar surface area (TPSA) is 403 Å². The lowest BCUT2D eigenvalue weighted by atomic mass is 9.98. The number of aromatic nitrogens is 11. The predicted octanol–water partition coefficient (Wildman–Crippen LogP) is 16.3. The second-order valence-electron chi connectivity index (χ2n) is 30.7. The van der Waals surface area contributed by atoms with E-state index in [1.165, 1.54) is 20.1 Å². The number of esters is 3. The van der Waals surface area contributed by atoms with Crippen LogP contribution in [0.4, 0.5) is 4.79 Å². The van der Waals surface area contributed by atoms with E-state index in [-0.39, 0.29) is 64.3 Å². The summed E-state index contributed by atoms with van der Waals surface area (Å²) >= 11 is 0. The van der Waals surface area contributed by atoms with E-state index in [1.807, 2.05) is 162 Å². The van der Waals surface area contributed by atoms with Gasteiger partial charge in [-0.05, 0) is 195 Å². The summed E-state index contributed by atoms with van der Waals surface area (Å²) in [4.78, 5) is 99.1. The Morgan fingerprint density at radius 2 is 1.20 bits per heavy atom. The number of fused-ring (bicyclic) bond motifs is 3. The summed E-state index contributed by atoms with van der Waals surface area (Å²) in [5, 5.41) is 19.3. The molecule has 658 valence electrons. The first-order chi connectivity index (χ1) is 62.0. The Bertz CT molecular complexity index is 6770. The van der Waals surface area contributed by atoms with Crippen LogP contribution in [0.2, 0.25) is 0 Å². The van der Waals surface area contributed by atoms with Gasteiger partial charge in [0.1, 0.15) is 18.0 Å². The number of imidazole rings is 2. The van der Waals surface area contributed by atoms with Crippen LogP contribution in [-0.4, -0.2) is 132 Å². The highest BCUT2D eigenvalue weighted by molar-refractivity contribution is 7.90. The van der Waals surface area contributed by atoms with Gasteiger partial charge in [0.2, 0.25) is 12.1 Å². The molecule has 1 atom stereocenters. The SMILES string of the molecule is CCOc1nc2cccc(C(=O)OC(C)OC(=O)OC3CCCCC3)c2n1Cc1ccc(-c2ccccc2-c2nn[nH]n2)cc1.CCOc1nc2cccc(C(=O)OCc3oc(=O)oc3C)c2n1Cc1ccc(-c2ccccc2-c2noc(=O)[nH]2)cc1.COc1cc(C(=O)NS(=O)(=O)c2ccccc2C)ccc1Cc1cn(C)c2ccc(CC(=O)OC3CCCC3)cc12. The summed E-state index contributed by atoms with van der Waals surface area (Å²) in [6.45, 7) is 9.69. The number of nitrogens with zero attached hydrogens (tertiary/aromatic N) is 9. The van der Waals surface area contributed by atoms with Crippen molar-refractivity contribution in [2.75, 3.05) is 20.3 Å². The lowest BCUT2D eigenvalue weighted by Crippen LogP contribution is -2.31. The van der Waals surface area contributed by atoms with Crippen molar-refractivity contribution in [2.24, 2.45) is 7.05 Å². The third kappa shape index (κ3) is 20.6. The zero-order valence-electron chi connectivity index (χ0n) is 71.2. The molecule has 33 heteroatoms. The van der Waals surface area contributed by atoms with Crippen LogP contribution in [0.5, 0.6) is 17.8 Å². The molecule has 1 unspecified atom stereocenters. The largest absolute Gasteiger partial charge is 0.519 e. The Hall–Kier alpha value is -15.0. The van der Waals surface area contributed by atoms with Crippen LogP contribution in [0.3, 0.4) is 0 Å². The average molecular weight is 1750 g/mol. The molecule has 0 radical (unpaired) electrons. The van der Waals surface area contributed by atoms with Crippen molar-refractivity contribution in [1.82, 2.24) is 59.2 Å². The van der Waals surface area contributed by atoms with Crippen molar-refractivity contribution in [3.8, 4) is 62.8 Å². The van der Waals surface area contributed by atoms with Gasteiger partial charge in [-0.15, -0.1) is 10.2 Å². The molecule has 1 amide bonds. The Balaban J connectivity index is 0.000000148. The molecule has 2 saturated carbocycles. The quantitative estimate of drug-likeness (QED) is 0.0233. The molecule has 0 bridgehead atoms. The first-order valence-electron chi connectivity index (χ1n) is 41.9. The first-order valence-corrected chi connectivity index (χ1v) is 43.4. The lowest BCUT2D eigenvalue weighted by Gasteiger charge is -2.22. The van der Waals surface area contributed by atoms with E-state index in [1.54, 1.807) is 80.6 Å². The van der Waals surface area contributed by atoms with Gasteiger partial charge in [-0.2, -0.15) is 15.2 Å². The molecule has 3 N–H and O–H groups in total. The normalized spacial score (nSPS) is 13.1. The molecular formula is C95H92N12O20S. The van der Waals surface area contributed by atoms with Gasteiger partial charge in [0.15, 0.2) is 24.0 Å². The van der Waals surface area contributed by atoms with Crippen LogP contribution < -0.4 is 30.5 Å². The number of carbonyl (C=O) groups is 5. The number of nitrogens with one attached hydrogen (secondary N) is 3. The molecule has 0 saturated heterocycles. The van der Waals surface area contributed by atoms with E-state index in [2.05, 4.69) is 50.0 Å². The van der Waals surface area contributed by atoms with E-state index < -0.39 is 51.9 Å². The van der Waals surface area contributed by atoms with E-state index in [4.69, 9.17) is 46.7 Å². The Labute approximate surface area is 733 Å². The highest BCUT2D eigenvalue weighted by Crippen LogP contribution is 2.37. The highest BCUT2D eigenvalue weighted by atomic mass is 32.2. The van der Waals surface area contributed by atoms with Crippen molar-refractivity contribution in [1.29, 1.82) is 0 Å². The first kappa shape index (κ1) is 87.9. The standard InChI is InChI=1S/C33H34N6O6.C32H34N2O6S.C30H24N4O8/c1-3-42-32-34-28-15-9-14-27(31(40)43-21(2)44-33(41)45-24-10-5-4-6-11-24)29(28)39(32)20-22-16-18-23(19-17-22)25-12-7-8-13-26(25)30-35-37-38-36-30;1-21-8-4-7-11-30(21)41(37,38)33-32(36)24-14-13-23(29(19-24)39-3)18-25-20-34(2)28-15-12-22(16-27(25)28)17-31(35)40-26-9-5-6-10-26;1-3-38-28-31-23-10-6-9-22(27(35)39-16-24-17(2)40-30(37)41-24)25(23)34(28)15-18-11-13-19(14-12-18)20-7-4-5-8-21(20)26-32-29(36)42-33-26/h7-9,12-19,21,24H,3-6,10-11,20H2,1-2H3,(H,35,36,37,38);4,7-8,11-16,19-20,26H,5-6,9-10,17-18H2,1-3H3,(H,33,36);4-14H,3,15-16H2,1-2H3,(H,32,33,36). The van der Waals surface area contributed by atoms with E-state index >= 15 is 0 Å². The average Bonchev–Trinajstić information content (AvgIpc) is 1.63. The van der Waals surface area contributed by atoms with Gasteiger partial charge >= 0.3 is 35.6 Å². The summed E-state index contributed by atoms with van der Waals surface area (Å²) in [7, 11) is -0.547. The van der Waals surface area contributed by atoms with Crippen molar-refractivity contribution in [3.63, 3.8) is 0 Å². The smallest absolute Gasteiger partial charge is 0.496 e. The maximum absolute atomic E-state index is 13.4. The molecule has 2 aliphatic carbocycles. The van der Waals surface area contributed by atoms with E-state index in [0.717, 1.165) is 130 Å². The molecule has 15 aromatic rings. The second-order valence-corrected chi connectivity index (χ2v) is 32.3. The molecule has 2 aliphatic rings. The lowest BCUT2D eigenvalue weighted by molar-refractivity contribution is -0.147. The summed E-state index contributed by atoms with van der Waals surface area (Å²) in [6, 6.07) is 59.8. The van der Waals surface area contributed by atoms with Gasteiger partial charge in [-0.1, -0.05) is 151 Å². The number of amides is 1. The number of aromatic amines is 2. The van der Waals surface area contributed by atoms with Crippen molar-refractivity contribution >= 4 is 73.0 Å². The Morgan fingerprint density at radius 3 is 1.79 bits per heavy atom. The number of H-pyrrole nitrogens is 2. The zero-order chi connectivity index (χ0) is 89.5. The fraction of sp³-hybridized carbons (Fsp3) is 0.274. The van der Waals surface area contributed by atoms with E-state index in [0.29, 0.717) is 89.8 Å². The highest BCUT2D eigenvalue weighted by Gasteiger charge is 2.29. The monoisotopic (exact) mass is 1750 g/mol. The number of sulfonamides is 1. The van der Waals surface area contributed by atoms with Gasteiger partial charge < -0.3 is 51.3 Å². The van der Waals surface area contributed by atoms with Crippen molar-refractivity contribution in [3.05, 3.63) is 283 Å². The van der Waals surface area contributed by atoms with Crippen molar-refractivity contribution in [2.45, 2.75) is 148 Å². The number of hydrogen-bond acceptors (Lipinski definition) is 26. The Morgan fingerprint density at radius 1 is 0.617 bits per heavy atom. The molecule has 6 heterocycles. The third-order valence-corrected chi connectivity index (χ3v) is 23.4. The van der Waals surface area contributed by atoms with Gasteiger partial charge in [-0.25, -0.2) is 37.1 Å². The van der Waals surface area contributed by atoms with Gasteiger partial charge in [0, 0.05) is 54.2 Å². The molecule has 9 aromatic carbocycles. The van der Waals surface area contributed by atoms with Gasteiger partial charge in [-0.3, -0.25) is 28.2 Å². The van der Waals surface area contributed by atoms with Crippen LogP contribution in [0, 0.1) is 13.8 Å². The number of aryl methyl sites for hydroxylation is 3. The minimum absolute atomic E-state index is 0.0404. The summed E-state index contributed by atoms with van der Waals surface area (Å²) in [6.07, 6.45) is 9.57. The molecule has 6 aromatic heterocycles. The van der Waals surface area contributed by atoms with Gasteiger partial charge in [0.25, 0.3) is 28.0 Å². The third-order valence-electron chi connectivity index (χ3n) is 21.9. The number of benzene rings is 9. The molecule has 32 nitrogen and oxygen atoms in total. The minimum Gasteiger partial charge on any atom is -0.496 e. The molecule has 0 spiro atoms. The van der Waals surface area contributed by atoms with Crippen LogP contribution in [-0.2, 0) is 78.1 Å². The predicted molar refractivity (Wildman–Crippen MR) is 470 cm³/mol. The maximum atomic E-state index is 13.4. The van der Waals surface area contributed by atoms with Crippen LogP contribution in [0.1, 0.15) is 155 Å². The summed E-state index contributed by atoms with van der Waals surface area (Å²) in [5.74, 6) is -1.98.